The summed E-state index contributed by atoms with van der Waals surface area (Å²) >= 11 is 0. The molecule has 0 unspecified atom stereocenters. The number of anilines is 1. The van der Waals surface area contributed by atoms with Crippen molar-refractivity contribution in [3.63, 3.8) is 0 Å². The Kier molecular flexibility index (Phi) is 3.10. The summed E-state index contributed by atoms with van der Waals surface area (Å²) in [7, 11) is 0. The highest BCUT2D eigenvalue weighted by Gasteiger charge is 2.67. The summed E-state index contributed by atoms with van der Waals surface area (Å²) in [5.74, 6) is -1.42. The predicted molar refractivity (Wildman–Crippen MR) is 83.9 cm³/mol. The Morgan fingerprint density at radius 2 is 2.13 bits per heavy atom. The fourth-order valence-electron chi connectivity index (χ4n) is 3.95. The van der Waals surface area contributed by atoms with E-state index < -0.39 is 17.4 Å². The number of hydrogen-bond donors (Lipinski definition) is 0. The van der Waals surface area contributed by atoms with Crippen molar-refractivity contribution in [3.05, 3.63) is 42.0 Å². The molecule has 120 valence electrons. The second-order valence-corrected chi connectivity index (χ2v) is 6.41. The molecule has 0 radical (unpaired) electrons. The molecule has 1 aromatic carbocycles. The van der Waals surface area contributed by atoms with Gasteiger partial charge in [-0.2, -0.15) is 0 Å². The van der Waals surface area contributed by atoms with Gasteiger partial charge >= 0.3 is 5.97 Å². The Hall–Kier alpha value is -2.14. The zero-order chi connectivity index (χ0) is 16.2. The molecule has 2 saturated heterocycles. The summed E-state index contributed by atoms with van der Waals surface area (Å²) < 4.78 is 11.2. The molecule has 4 atom stereocenters. The third-order valence-corrected chi connectivity index (χ3v) is 5.00. The summed E-state index contributed by atoms with van der Waals surface area (Å²) in [6.07, 6.45) is 3.50. The van der Waals surface area contributed by atoms with Crippen molar-refractivity contribution < 1.29 is 19.1 Å². The van der Waals surface area contributed by atoms with Crippen molar-refractivity contribution >= 4 is 17.6 Å². The van der Waals surface area contributed by atoms with Crippen LogP contribution in [0.25, 0.3) is 0 Å². The van der Waals surface area contributed by atoms with Gasteiger partial charge in [0.25, 0.3) is 0 Å². The van der Waals surface area contributed by atoms with Crippen LogP contribution in [-0.2, 0) is 19.1 Å². The van der Waals surface area contributed by atoms with Gasteiger partial charge in [-0.1, -0.05) is 29.8 Å². The molecular weight excluding hydrogens is 294 g/mol. The van der Waals surface area contributed by atoms with Gasteiger partial charge in [0, 0.05) is 5.69 Å². The smallest absolute Gasteiger partial charge is 0.312 e. The van der Waals surface area contributed by atoms with Gasteiger partial charge in [0.15, 0.2) is 0 Å². The first kappa shape index (κ1) is 14.5. The number of carbonyl (C=O) groups excluding carboxylic acids is 2. The number of hydrogen-bond acceptors (Lipinski definition) is 4. The van der Waals surface area contributed by atoms with E-state index >= 15 is 0 Å². The quantitative estimate of drug-likeness (QED) is 0.631. The Bertz CT molecular complexity index is 695. The van der Waals surface area contributed by atoms with Gasteiger partial charge in [0.05, 0.1) is 25.2 Å². The van der Waals surface area contributed by atoms with Crippen LogP contribution in [0.15, 0.2) is 36.4 Å². The minimum atomic E-state index is -0.690. The number of fused-ring (bicyclic) bond motifs is 1. The van der Waals surface area contributed by atoms with Crippen molar-refractivity contribution in [2.24, 2.45) is 11.8 Å². The van der Waals surface area contributed by atoms with Gasteiger partial charge in [-0.05, 0) is 26.0 Å². The molecule has 1 spiro atoms. The molecule has 0 aromatic heterocycles. The van der Waals surface area contributed by atoms with Gasteiger partial charge in [-0.25, -0.2) is 0 Å². The van der Waals surface area contributed by atoms with Crippen molar-refractivity contribution in [1.29, 1.82) is 0 Å². The first-order valence-corrected chi connectivity index (χ1v) is 7.97. The highest BCUT2D eigenvalue weighted by molar-refractivity contribution is 6.02. The van der Waals surface area contributed by atoms with Crippen molar-refractivity contribution in [3.8, 4) is 0 Å². The summed E-state index contributed by atoms with van der Waals surface area (Å²) in [5.41, 5.74) is 1.29. The molecule has 2 fully saturated rings. The van der Waals surface area contributed by atoms with Crippen LogP contribution in [0.3, 0.4) is 0 Å². The maximum Gasteiger partial charge on any atom is 0.312 e. The van der Waals surface area contributed by atoms with E-state index in [0.29, 0.717) is 13.2 Å². The molecule has 5 heteroatoms. The summed E-state index contributed by atoms with van der Waals surface area (Å²) in [6.45, 7) is 4.53. The zero-order valence-electron chi connectivity index (χ0n) is 13.2. The molecule has 5 nitrogen and oxygen atoms in total. The monoisotopic (exact) mass is 313 g/mol. The predicted octanol–water partition coefficient (Wildman–Crippen LogP) is 1.84. The zero-order valence-corrected chi connectivity index (χ0v) is 13.2. The van der Waals surface area contributed by atoms with Crippen LogP contribution >= 0.6 is 0 Å². The minimum Gasteiger partial charge on any atom is -0.466 e. The highest BCUT2D eigenvalue weighted by Crippen LogP contribution is 2.52. The lowest BCUT2D eigenvalue weighted by Gasteiger charge is -2.22. The van der Waals surface area contributed by atoms with Gasteiger partial charge < -0.3 is 14.4 Å². The molecule has 4 rings (SSSR count). The minimum absolute atomic E-state index is 0.0567. The normalized spacial score (nSPS) is 34.1. The van der Waals surface area contributed by atoms with Crippen molar-refractivity contribution in [2.45, 2.75) is 25.6 Å². The highest BCUT2D eigenvalue weighted by atomic mass is 16.6. The first-order valence-electron chi connectivity index (χ1n) is 7.97. The third kappa shape index (κ3) is 1.96. The van der Waals surface area contributed by atoms with Gasteiger partial charge in [-0.3, -0.25) is 9.59 Å². The third-order valence-electron chi connectivity index (χ3n) is 5.00. The fourth-order valence-corrected chi connectivity index (χ4v) is 3.95. The molecule has 3 aliphatic heterocycles. The largest absolute Gasteiger partial charge is 0.466 e. The molecule has 3 aliphatic rings. The van der Waals surface area contributed by atoms with Crippen LogP contribution in [-0.4, -0.2) is 36.7 Å². The number of rotatable bonds is 3. The topological polar surface area (TPSA) is 55.8 Å². The van der Waals surface area contributed by atoms with E-state index in [9.17, 15) is 9.59 Å². The number of amides is 1. The van der Waals surface area contributed by atoms with E-state index in [0.717, 1.165) is 11.3 Å². The van der Waals surface area contributed by atoms with Gasteiger partial charge in [0.2, 0.25) is 5.91 Å². The van der Waals surface area contributed by atoms with Crippen molar-refractivity contribution in [1.82, 2.24) is 0 Å². The molecule has 1 aromatic rings. The lowest BCUT2D eigenvalue weighted by atomic mass is 9.77. The first-order chi connectivity index (χ1) is 11.1. The molecular formula is C18H19NO4. The molecule has 23 heavy (non-hydrogen) atoms. The summed E-state index contributed by atoms with van der Waals surface area (Å²) in [4.78, 5) is 27.0. The number of ether oxygens (including phenoxy) is 2. The summed E-state index contributed by atoms with van der Waals surface area (Å²) in [5, 5.41) is 0. The van der Waals surface area contributed by atoms with Crippen LogP contribution < -0.4 is 4.90 Å². The molecule has 0 saturated carbocycles. The SMILES string of the molecule is CCOC(=O)[C@@H]1[C@H]2C(=O)N(c3ccc(C)cc3)C[C@]23C=C[C@H]1O3. The second kappa shape index (κ2) is 4.93. The summed E-state index contributed by atoms with van der Waals surface area (Å²) in [6, 6.07) is 7.82. The Morgan fingerprint density at radius 3 is 2.83 bits per heavy atom. The van der Waals surface area contributed by atoms with Crippen LogP contribution in [0.1, 0.15) is 12.5 Å². The second-order valence-electron chi connectivity index (χ2n) is 6.41. The number of esters is 1. The molecule has 0 aliphatic carbocycles. The number of aryl methyl sites for hydroxylation is 1. The molecule has 0 N–H and O–H groups in total. The fraction of sp³-hybridized carbons (Fsp3) is 0.444. The molecule has 2 bridgehead atoms. The number of nitrogens with zero attached hydrogens (tertiary/aromatic N) is 1. The Labute approximate surface area is 134 Å². The van der Waals surface area contributed by atoms with E-state index in [-0.39, 0.29) is 18.0 Å². The standard InChI is InChI=1S/C18H19NO4/c1-3-22-17(21)14-13-8-9-18(23-13)10-19(16(20)15(14)18)12-6-4-11(2)5-7-12/h4-9,13-15H,3,10H2,1-2H3/t13-,14+,15+,18-/m1/s1. The Morgan fingerprint density at radius 1 is 1.39 bits per heavy atom. The van der Waals surface area contributed by atoms with Crippen molar-refractivity contribution in [2.75, 3.05) is 18.1 Å². The molecule has 1 amide bonds. The van der Waals surface area contributed by atoms with Crippen LogP contribution in [0, 0.1) is 18.8 Å². The van der Waals surface area contributed by atoms with E-state index in [2.05, 4.69) is 0 Å². The maximum atomic E-state index is 13.0. The number of carbonyl (C=O) groups is 2. The number of benzene rings is 1. The van der Waals surface area contributed by atoms with Gasteiger partial charge in [0.1, 0.15) is 11.5 Å². The average Bonchev–Trinajstić information content (AvgIpc) is 3.17. The maximum absolute atomic E-state index is 13.0. The van der Waals surface area contributed by atoms with Crippen LogP contribution in [0.2, 0.25) is 0 Å². The van der Waals surface area contributed by atoms with Crippen LogP contribution in [0.4, 0.5) is 5.69 Å². The lowest BCUT2D eigenvalue weighted by molar-refractivity contribution is -0.151. The molecule has 3 heterocycles. The van der Waals surface area contributed by atoms with E-state index in [1.54, 1.807) is 11.8 Å². The van der Waals surface area contributed by atoms with E-state index in [1.165, 1.54) is 0 Å². The van der Waals surface area contributed by atoms with Gasteiger partial charge in [-0.15, -0.1) is 0 Å². The lowest BCUT2D eigenvalue weighted by Crippen LogP contribution is -2.40. The average molecular weight is 313 g/mol. The Balaban J connectivity index is 1.68. The van der Waals surface area contributed by atoms with Crippen LogP contribution in [0.5, 0.6) is 0 Å². The van der Waals surface area contributed by atoms with E-state index in [4.69, 9.17) is 9.47 Å². The van der Waals surface area contributed by atoms with E-state index in [1.807, 2.05) is 43.3 Å².